The van der Waals surface area contributed by atoms with E-state index in [-0.39, 0.29) is 6.10 Å². The summed E-state index contributed by atoms with van der Waals surface area (Å²) in [6.45, 7) is 3.63. The quantitative estimate of drug-likeness (QED) is 0.677. The van der Waals surface area contributed by atoms with Gasteiger partial charge < -0.3 is 15.2 Å². The molecule has 0 aromatic carbocycles. The van der Waals surface area contributed by atoms with Gasteiger partial charge in [0, 0.05) is 6.54 Å². The van der Waals surface area contributed by atoms with Crippen molar-refractivity contribution < 1.29 is 14.6 Å². The number of piperidine rings is 1. The highest BCUT2D eigenvalue weighted by atomic mass is 16.5. The maximum atomic E-state index is 10.7. The monoisotopic (exact) mass is 187 g/mol. The van der Waals surface area contributed by atoms with Gasteiger partial charge in [-0.3, -0.25) is 0 Å². The molecule has 1 aliphatic rings. The molecular weight excluding hydrogens is 170 g/mol. The maximum Gasteiger partial charge on any atom is 0.332 e. The van der Waals surface area contributed by atoms with Crippen molar-refractivity contribution >= 4 is 5.97 Å². The molecule has 13 heavy (non-hydrogen) atoms. The topological polar surface area (TPSA) is 58.6 Å². The fourth-order valence-electron chi connectivity index (χ4n) is 1.50. The van der Waals surface area contributed by atoms with Crippen LogP contribution in [0.2, 0.25) is 0 Å². The highest BCUT2D eigenvalue weighted by Gasteiger charge is 2.22. The Hall–Kier alpha value is -0.610. The standard InChI is InChI=1S/C9H17NO3/c1-2-8(9(11)12)13-7-4-3-5-10-6-7/h7-8,10H,2-6H2,1H3,(H,11,12). The lowest BCUT2D eigenvalue weighted by Gasteiger charge is -2.25. The molecule has 1 saturated heterocycles. The number of hydrogen-bond acceptors (Lipinski definition) is 3. The van der Waals surface area contributed by atoms with Crippen LogP contribution in [0, 0.1) is 0 Å². The highest BCUT2D eigenvalue weighted by Crippen LogP contribution is 2.10. The number of aliphatic carboxylic acids is 1. The van der Waals surface area contributed by atoms with Gasteiger partial charge in [-0.15, -0.1) is 0 Å². The van der Waals surface area contributed by atoms with E-state index in [9.17, 15) is 4.79 Å². The van der Waals surface area contributed by atoms with E-state index < -0.39 is 12.1 Å². The lowest BCUT2D eigenvalue weighted by molar-refractivity contribution is -0.155. The zero-order chi connectivity index (χ0) is 9.68. The normalized spacial score (nSPS) is 25.5. The van der Waals surface area contributed by atoms with Crippen LogP contribution in [0.25, 0.3) is 0 Å². The first-order chi connectivity index (χ1) is 6.24. The molecule has 76 valence electrons. The second-order valence-electron chi connectivity index (χ2n) is 3.34. The average Bonchev–Trinajstić information content (AvgIpc) is 2.15. The maximum absolute atomic E-state index is 10.7. The fourth-order valence-corrected chi connectivity index (χ4v) is 1.50. The van der Waals surface area contributed by atoms with Crippen molar-refractivity contribution in [1.82, 2.24) is 5.32 Å². The molecule has 2 unspecified atom stereocenters. The van der Waals surface area contributed by atoms with Gasteiger partial charge >= 0.3 is 5.97 Å². The molecule has 0 radical (unpaired) electrons. The summed E-state index contributed by atoms with van der Waals surface area (Å²) in [5, 5.41) is 11.9. The molecule has 1 aliphatic heterocycles. The molecule has 2 atom stereocenters. The molecule has 4 heteroatoms. The molecule has 1 rings (SSSR count). The molecule has 2 N–H and O–H groups in total. The van der Waals surface area contributed by atoms with Crippen LogP contribution >= 0.6 is 0 Å². The number of carboxylic acids is 1. The van der Waals surface area contributed by atoms with E-state index >= 15 is 0 Å². The third-order valence-electron chi connectivity index (χ3n) is 2.25. The molecule has 1 heterocycles. The second kappa shape index (κ2) is 5.19. The number of rotatable bonds is 4. The van der Waals surface area contributed by atoms with Gasteiger partial charge in [0.1, 0.15) is 0 Å². The van der Waals surface area contributed by atoms with E-state index in [0.29, 0.717) is 6.42 Å². The SMILES string of the molecule is CCC(OC1CCCNC1)C(=O)O. The predicted molar refractivity (Wildman–Crippen MR) is 48.7 cm³/mol. The van der Waals surface area contributed by atoms with E-state index in [4.69, 9.17) is 9.84 Å². The van der Waals surface area contributed by atoms with Crippen molar-refractivity contribution in [3.8, 4) is 0 Å². The second-order valence-corrected chi connectivity index (χ2v) is 3.34. The summed E-state index contributed by atoms with van der Waals surface area (Å²) >= 11 is 0. The Bertz CT molecular complexity index is 166. The summed E-state index contributed by atoms with van der Waals surface area (Å²) in [5.74, 6) is -0.854. The Morgan fingerprint density at radius 2 is 2.54 bits per heavy atom. The number of carbonyl (C=O) groups is 1. The highest BCUT2D eigenvalue weighted by molar-refractivity contribution is 5.72. The van der Waals surface area contributed by atoms with Crippen LogP contribution in [0.5, 0.6) is 0 Å². The number of carboxylic acid groups (broad SMARTS) is 1. The molecule has 0 amide bonds. The lowest BCUT2D eigenvalue weighted by Crippen LogP contribution is -2.39. The molecule has 0 aromatic rings. The first-order valence-electron chi connectivity index (χ1n) is 4.83. The third kappa shape index (κ3) is 3.32. The van der Waals surface area contributed by atoms with Crippen LogP contribution in [0.3, 0.4) is 0 Å². The van der Waals surface area contributed by atoms with Crippen LogP contribution in [0.1, 0.15) is 26.2 Å². The van der Waals surface area contributed by atoms with Crippen molar-refractivity contribution in [1.29, 1.82) is 0 Å². The fraction of sp³-hybridized carbons (Fsp3) is 0.889. The summed E-state index contributed by atoms with van der Waals surface area (Å²) in [5.41, 5.74) is 0. The summed E-state index contributed by atoms with van der Waals surface area (Å²) in [6, 6.07) is 0. The lowest BCUT2D eigenvalue weighted by atomic mass is 10.1. The first-order valence-corrected chi connectivity index (χ1v) is 4.83. The zero-order valence-corrected chi connectivity index (χ0v) is 7.95. The van der Waals surface area contributed by atoms with Gasteiger partial charge in [-0.1, -0.05) is 6.92 Å². The summed E-state index contributed by atoms with van der Waals surface area (Å²) < 4.78 is 5.44. The van der Waals surface area contributed by atoms with E-state index in [1.807, 2.05) is 6.92 Å². The van der Waals surface area contributed by atoms with Gasteiger partial charge in [0.15, 0.2) is 6.10 Å². The van der Waals surface area contributed by atoms with E-state index in [0.717, 1.165) is 25.9 Å². The smallest absolute Gasteiger partial charge is 0.332 e. The first kappa shape index (κ1) is 10.5. The third-order valence-corrected chi connectivity index (χ3v) is 2.25. The Balaban J connectivity index is 2.31. The Morgan fingerprint density at radius 3 is 3.00 bits per heavy atom. The van der Waals surface area contributed by atoms with Crippen molar-refractivity contribution in [3.63, 3.8) is 0 Å². The summed E-state index contributed by atoms with van der Waals surface area (Å²) in [4.78, 5) is 10.7. The van der Waals surface area contributed by atoms with Crippen LogP contribution in [-0.2, 0) is 9.53 Å². The molecule has 0 aromatic heterocycles. The van der Waals surface area contributed by atoms with Gasteiger partial charge in [0.05, 0.1) is 6.10 Å². The summed E-state index contributed by atoms with van der Waals surface area (Å²) in [6.07, 6.45) is 2.02. The predicted octanol–water partition coefficient (Wildman–Crippen LogP) is 0.618. The number of nitrogens with one attached hydrogen (secondary N) is 1. The minimum absolute atomic E-state index is 0.0785. The molecular formula is C9H17NO3. The van der Waals surface area contributed by atoms with Gasteiger partial charge in [0.25, 0.3) is 0 Å². The van der Waals surface area contributed by atoms with E-state index in [1.165, 1.54) is 0 Å². The van der Waals surface area contributed by atoms with Gasteiger partial charge in [-0.05, 0) is 25.8 Å². The van der Waals surface area contributed by atoms with Crippen LogP contribution < -0.4 is 5.32 Å². The molecule has 0 aliphatic carbocycles. The van der Waals surface area contributed by atoms with Crippen molar-refractivity contribution in [2.75, 3.05) is 13.1 Å². The van der Waals surface area contributed by atoms with Gasteiger partial charge in [-0.25, -0.2) is 4.79 Å². The summed E-state index contributed by atoms with van der Waals surface area (Å²) in [7, 11) is 0. The van der Waals surface area contributed by atoms with Crippen LogP contribution in [0.15, 0.2) is 0 Å². The van der Waals surface area contributed by atoms with Gasteiger partial charge in [-0.2, -0.15) is 0 Å². The van der Waals surface area contributed by atoms with Crippen molar-refractivity contribution in [3.05, 3.63) is 0 Å². The van der Waals surface area contributed by atoms with Crippen LogP contribution in [-0.4, -0.2) is 36.4 Å². The molecule has 0 bridgehead atoms. The zero-order valence-electron chi connectivity index (χ0n) is 7.95. The molecule has 4 nitrogen and oxygen atoms in total. The Kier molecular flexibility index (Phi) is 4.18. The van der Waals surface area contributed by atoms with Crippen molar-refractivity contribution in [2.24, 2.45) is 0 Å². The molecule has 0 spiro atoms. The Labute approximate surface area is 78.3 Å². The minimum atomic E-state index is -0.854. The molecule has 0 saturated carbocycles. The average molecular weight is 187 g/mol. The number of hydrogen-bond donors (Lipinski definition) is 2. The van der Waals surface area contributed by atoms with E-state index in [1.54, 1.807) is 0 Å². The van der Waals surface area contributed by atoms with Gasteiger partial charge in [0.2, 0.25) is 0 Å². The van der Waals surface area contributed by atoms with E-state index in [2.05, 4.69) is 5.32 Å². The largest absolute Gasteiger partial charge is 0.479 e. The Morgan fingerprint density at radius 1 is 1.77 bits per heavy atom. The van der Waals surface area contributed by atoms with Crippen LogP contribution in [0.4, 0.5) is 0 Å². The number of ether oxygens (including phenoxy) is 1. The van der Waals surface area contributed by atoms with Crippen molar-refractivity contribution in [2.45, 2.75) is 38.4 Å². The molecule has 1 fully saturated rings. The minimum Gasteiger partial charge on any atom is -0.479 e.